The highest BCUT2D eigenvalue weighted by Crippen LogP contribution is 2.31. The number of amides is 1. The van der Waals surface area contributed by atoms with Gasteiger partial charge in [-0.25, -0.2) is 13.2 Å². The second-order valence-electron chi connectivity index (χ2n) is 9.47. The van der Waals surface area contributed by atoms with E-state index in [2.05, 4.69) is 10.6 Å². The summed E-state index contributed by atoms with van der Waals surface area (Å²) < 4.78 is 69.5. The van der Waals surface area contributed by atoms with Crippen molar-refractivity contribution in [2.75, 3.05) is 39.3 Å². The molecule has 2 saturated heterocycles. The number of piperazine rings is 2. The van der Waals surface area contributed by atoms with Gasteiger partial charge in [-0.2, -0.15) is 17.5 Å². The minimum absolute atomic E-state index is 0. The van der Waals surface area contributed by atoms with E-state index in [1.54, 1.807) is 20.8 Å². The first-order valence-corrected chi connectivity index (χ1v) is 12.9. The van der Waals surface area contributed by atoms with Crippen molar-refractivity contribution in [3.63, 3.8) is 0 Å². The van der Waals surface area contributed by atoms with Crippen molar-refractivity contribution < 1.29 is 50.9 Å². The lowest BCUT2D eigenvalue weighted by atomic mass is 10.2. The summed E-state index contributed by atoms with van der Waals surface area (Å²) in [5, 5.41) is 23.7. The maximum absolute atomic E-state index is 12.8. The van der Waals surface area contributed by atoms with Crippen molar-refractivity contribution in [1.29, 1.82) is 0 Å². The molecule has 2 fully saturated rings. The lowest BCUT2D eigenvalue weighted by molar-refractivity contribution is -0.143. The van der Waals surface area contributed by atoms with Gasteiger partial charge in [0.15, 0.2) is 0 Å². The van der Waals surface area contributed by atoms with Crippen LogP contribution in [0.1, 0.15) is 26.3 Å². The number of sulfonamides is 1. The standard InChI is InChI=1S/C17H21F3N2O6S.C5H10N2O2.2ClH/c1-16(2,3)28-15(25)21-8-9-22(13(10-21)14(23)24)29(26,27)12-6-4-11(5-7-12)17(18,19)20;8-5(9)4-3-6-1-2-7-4;;/h4-7,13H,8-10H2,1-3H3,(H,23,24);4,6-7H,1-3H2,(H,8,9);2*1H/t13-;4-;;/m11../s1. The smallest absolute Gasteiger partial charge is 0.416 e. The van der Waals surface area contributed by atoms with Crippen LogP contribution in [-0.4, -0.2) is 103 Å². The molecule has 0 unspecified atom stereocenters. The molecule has 0 aromatic heterocycles. The predicted octanol–water partition coefficient (Wildman–Crippen LogP) is 1.88. The van der Waals surface area contributed by atoms with Gasteiger partial charge in [-0.05, 0) is 45.0 Å². The fourth-order valence-corrected chi connectivity index (χ4v) is 5.09. The summed E-state index contributed by atoms with van der Waals surface area (Å²) in [6.07, 6.45) is -5.42. The highest BCUT2D eigenvalue weighted by molar-refractivity contribution is 7.89. The van der Waals surface area contributed by atoms with Crippen LogP contribution in [0.3, 0.4) is 0 Å². The third-order valence-corrected chi connectivity index (χ3v) is 7.32. The molecule has 2 heterocycles. The third-order valence-electron chi connectivity index (χ3n) is 5.40. The average molecular weight is 641 g/mol. The van der Waals surface area contributed by atoms with Gasteiger partial charge in [0, 0.05) is 32.7 Å². The van der Waals surface area contributed by atoms with Gasteiger partial charge in [-0.1, -0.05) is 0 Å². The van der Waals surface area contributed by atoms with E-state index in [1.165, 1.54) is 0 Å². The number of carboxylic acids is 2. The van der Waals surface area contributed by atoms with E-state index in [4.69, 9.17) is 9.84 Å². The van der Waals surface area contributed by atoms with Crippen LogP contribution in [0, 0.1) is 0 Å². The lowest BCUT2D eigenvalue weighted by Crippen LogP contribution is -2.59. The molecule has 2 atom stereocenters. The summed E-state index contributed by atoms with van der Waals surface area (Å²) in [7, 11) is -4.40. The van der Waals surface area contributed by atoms with Crippen LogP contribution >= 0.6 is 24.8 Å². The summed E-state index contributed by atoms with van der Waals surface area (Å²) in [5.74, 6) is -2.27. The number of alkyl halides is 3. The second-order valence-corrected chi connectivity index (χ2v) is 11.4. The number of aliphatic carboxylic acids is 2. The largest absolute Gasteiger partial charge is 0.480 e. The number of rotatable bonds is 4. The van der Waals surface area contributed by atoms with Crippen LogP contribution in [0.25, 0.3) is 0 Å². The number of carboxylic acid groups (broad SMARTS) is 2. The summed E-state index contributed by atoms with van der Waals surface area (Å²) in [6, 6.07) is 0.774. The fraction of sp³-hybridized carbons (Fsp3) is 0.591. The fourth-order valence-electron chi connectivity index (χ4n) is 3.53. The zero-order chi connectivity index (χ0) is 28.9. The minimum Gasteiger partial charge on any atom is -0.480 e. The molecule has 230 valence electrons. The topological polar surface area (TPSA) is 166 Å². The maximum Gasteiger partial charge on any atom is 0.416 e. The number of nitrogens with one attached hydrogen (secondary N) is 2. The number of hydrogen-bond donors (Lipinski definition) is 4. The molecule has 1 aromatic carbocycles. The summed E-state index contributed by atoms with van der Waals surface area (Å²) >= 11 is 0. The highest BCUT2D eigenvalue weighted by atomic mass is 35.5. The zero-order valence-corrected chi connectivity index (χ0v) is 24.3. The Labute approximate surface area is 242 Å². The number of carbonyl (C=O) groups excluding carboxylic acids is 1. The normalized spacial score (nSPS) is 20.1. The first-order chi connectivity index (χ1) is 17.4. The van der Waals surface area contributed by atoms with Gasteiger partial charge in [0.2, 0.25) is 10.0 Å². The average Bonchev–Trinajstić information content (AvgIpc) is 2.83. The van der Waals surface area contributed by atoms with Crippen molar-refractivity contribution in [1.82, 2.24) is 19.8 Å². The van der Waals surface area contributed by atoms with Gasteiger partial charge in [0.05, 0.1) is 17.0 Å². The van der Waals surface area contributed by atoms with E-state index >= 15 is 0 Å². The van der Waals surface area contributed by atoms with Gasteiger partial charge < -0.3 is 30.5 Å². The van der Waals surface area contributed by atoms with E-state index in [0.717, 1.165) is 30.1 Å². The Balaban J connectivity index is 0.00000118. The summed E-state index contributed by atoms with van der Waals surface area (Å²) in [6.45, 7) is 6.11. The molecule has 1 aromatic rings. The van der Waals surface area contributed by atoms with Crippen molar-refractivity contribution in [3.05, 3.63) is 29.8 Å². The molecule has 2 aliphatic heterocycles. The van der Waals surface area contributed by atoms with E-state index < -0.39 is 68.9 Å². The van der Waals surface area contributed by atoms with Crippen LogP contribution in [-0.2, 0) is 30.5 Å². The predicted molar refractivity (Wildman–Crippen MR) is 141 cm³/mol. The van der Waals surface area contributed by atoms with Crippen LogP contribution in [0.2, 0.25) is 0 Å². The van der Waals surface area contributed by atoms with Crippen LogP contribution in [0.15, 0.2) is 29.2 Å². The van der Waals surface area contributed by atoms with Crippen LogP contribution in [0.5, 0.6) is 0 Å². The molecule has 40 heavy (non-hydrogen) atoms. The van der Waals surface area contributed by atoms with Gasteiger partial charge in [-0.3, -0.25) is 9.59 Å². The number of benzene rings is 1. The molecule has 0 bridgehead atoms. The SMILES string of the molecule is CC(C)(C)OC(=O)N1CCN(S(=O)(=O)c2ccc(C(F)(F)F)cc2)[C@@H](C(=O)O)C1.Cl.Cl.O=C(O)[C@H]1CNCCN1. The van der Waals surface area contributed by atoms with E-state index in [0.29, 0.717) is 23.0 Å². The molecule has 3 rings (SSSR count). The van der Waals surface area contributed by atoms with Crippen LogP contribution in [0.4, 0.5) is 18.0 Å². The molecule has 18 heteroatoms. The third kappa shape index (κ3) is 10.6. The van der Waals surface area contributed by atoms with E-state index in [-0.39, 0.29) is 37.9 Å². The molecule has 12 nitrogen and oxygen atoms in total. The Bertz CT molecular complexity index is 1110. The first-order valence-electron chi connectivity index (χ1n) is 11.5. The Kier molecular flexibility index (Phi) is 14.1. The number of hydrogen-bond acceptors (Lipinski definition) is 8. The molecule has 2 aliphatic rings. The van der Waals surface area contributed by atoms with Crippen LogP contribution < -0.4 is 10.6 Å². The highest BCUT2D eigenvalue weighted by Gasteiger charge is 2.42. The molecule has 0 aliphatic carbocycles. The Morgan fingerprint density at radius 3 is 1.95 bits per heavy atom. The Morgan fingerprint density at radius 1 is 0.975 bits per heavy atom. The monoisotopic (exact) mass is 640 g/mol. The summed E-state index contributed by atoms with van der Waals surface area (Å²) in [4.78, 5) is 34.7. The van der Waals surface area contributed by atoms with Gasteiger partial charge in [0.25, 0.3) is 0 Å². The first kappa shape index (κ1) is 37.6. The van der Waals surface area contributed by atoms with Crippen molar-refractivity contribution >= 4 is 52.9 Å². The van der Waals surface area contributed by atoms with Crippen molar-refractivity contribution in [2.24, 2.45) is 0 Å². The molecule has 0 spiro atoms. The van der Waals surface area contributed by atoms with Crippen molar-refractivity contribution in [3.8, 4) is 0 Å². The second kappa shape index (κ2) is 15.0. The molecule has 4 N–H and O–H groups in total. The number of halogens is 5. The number of nitrogens with zero attached hydrogens (tertiary/aromatic N) is 2. The molecule has 1 amide bonds. The molecule has 0 saturated carbocycles. The van der Waals surface area contributed by atoms with Gasteiger partial charge >= 0.3 is 24.2 Å². The maximum atomic E-state index is 12.8. The lowest BCUT2D eigenvalue weighted by Gasteiger charge is -2.38. The molecular weight excluding hydrogens is 608 g/mol. The zero-order valence-electron chi connectivity index (χ0n) is 21.8. The molecular formula is C22H33Cl2F3N4O8S. The number of ether oxygens (including phenoxy) is 1. The summed E-state index contributed by atoms with van der Waals surface area (Å²) in [5.41, 5.74) is -1.85. The minimum atomic E-state index is -4.63. The van der Waals surface area contributed by atoms with Gasteiger partial charge in [-0.15, -0.1) is 24.8 Å². The van der Waals surface area contributed by atoms with E-state index in [9.17, 15) is 41.1 Å². The quantitative estimate of drug-likeness (QED) is 0.382. The Hall–Kier alpha value is -2.37. The van der Waals surface area contributed by atoms with Crippen molar-refractivity contribution in [2.45, 2.75) is 49.5 Å². The Morgan fingerprint density at radius 2 is 1.55 bits per heavy atom. The number of carbonyl (C=O) groups is 3. The molecule has 0 radical (unpaired) electrons. The van der Waals surface area contributed by atoms with E-state index in [1.807, 2.05) is 0 Å². The van der Waals surface area contributed by atoms with Gasteiger partial charge in [0.1, 0.15) is 17.7 Å².